The number of hydrogen-bond acceptors (Lipinski definition) is 4. The summed E-state index contributed by atoms with van der Waals surface area (Å²) in [5, 5.41) is 5.54. The van der Waals surface area contributed by atoms with Gasteiger partial charge in [0, 0.05) is 18.7 Å². The number of nitrogens with one attached hydrogen (secondary N) is 2. The smallest absolute Gasteiger partial charge is 0.267 e. The zero-order valence-corrected chi connectivity index (χ0v) is 15.9. The summed E-state index contributed by atoms with van der Waals surface area (Å²) in [6.07, 6.45) is 1.64. The predicted octanol–water partition coefficient (Wildman–Crippen LogP) is 2.14. The number of carbonyl (C=O) groups excluding carboxylic acids is 2. The van der Waals surface area contributed by atoms with Crippen molar-refractivity contribution in [2.45, 2.75) is 0 Å². The Labute approximate surface area is 159 Å². The van der Waals surface area contributed by atoms with E-state index in [1.54, 1.807) is 49.6 Å². The first-order valence-corrected chi connectivity index (χ1v) is 8.64. The first-order valence-electron chi connectivity index (χ1n) is 8.64. The molecule has 0 aromatic heterocycles. The molecule has 0 aliphatic heterocycles. The Morgan fingerprint density at radius 2 is 1.70 bits per heavy atom. The summed E-state index contributed by atoms with van der Waals surface area (Å²) in [7, 11) is 5.45. The molecule has 6 nitrogen and oxygen atoms in total. The van der Waals surface area contributed by atoms with Crippen LogP contribution in [-0.2, 0) is 4.79 Å². The van der Waals surface area contributed by atoms with Crippen molar-refractivity contribution in [1.82, 2.24) is 15.5 Å². The van der Waals surface area contributed by atoms with Gasteiger partial charge in [0.1, 0.15) is 11.4 Å². The molecule has 142 valence electrons. The summed E-state index contributed by atoms with van der Waals surface area (Å²) >= 11 is 0. The van der Waals surface area contributed by atoms with Crippen LogP contribution in [0.3, 0.4) is 0 Å². The highest BCUT2D eigenvalue weighted by Crippen LogP contribution is 2.14. The van der Waals surface area contributed by atoms with Crippen molar-refractivity contribution in [2.75, 3.05) is 34.3 Å². The van der Waals surface area contributed by atoms with Crippen LogP contribution >= 0.6 is 0 Å². The number of methoxy groups -OCH3 is 1. The first kappa shape index (κ1) is 20.2. The average molecular weight is 367 g/mol. The van der Waals surface area contributed by atoms with Crippen molar-refractivity contribution in [3.8, 4) is 5.75 Å². The van der Waals surface area contributed by atoms with Gasteiger partial charge in [-0.1, -0.05) is 30.3 Å². The molecule has 0 radical (unpaired) electrons. The topological polar surface area (TPSA) is 70.7 Å². The number of rotatable bonds is 8. The third-order valence-electron chi connectivity index (χ3n) is 3.80. The molecule has 0 aliphatic rings. The Bertz CT molecular complexity index is 784. The van der Waals surface area contributed by atoms with Gasteiger partial charge in [-0.3, -0.25) is 9.59 Å². The number of amides is 2. The van der Waals surface area contributed by atoms with Gasteiger partial charge < -0.3 is 20.3 Å². The fraction of sp³-hybridized carbons (Fsp3) is 0.238. The SMILES string of the molecule is COc1ccc(C=C(NC(=O)c2ccccc2)C(=O)NCCN(C)C)cc1. The first-order chi connectivity index (χ1) is 13.0. The van der Waals surface area contributed by atoms with Crippen LogP contribution in [0.15, 0.2) is 60.3 Å². The molecule has 0 saturated heterocycles. The van der Waals surface area contributed by atoms with E-state index in [4.69, 9.17) is 4.74 Å². The Hall–Kier alpha value is -3.12. The zero-order valence-electron chi connectivity index (χ0n) is 15.9. The van der Waals surface area contributed by atoms with Gasteiger partial charge in [-0.15, -0.1) is 0 Å². The summed E-state index contributed by atoms with van der Waals surface area (Å²) in [4.78, 5) is 27.0. The molecule has 2 rings (SSSR count). The van der Waals surface area contributed by atoms with E-state index in [0.717, 1.165) is 11.3 Å². The maximum absolute atomic E-state index is 12.6. The summed E-state index contributed by atoms with van der Waals surface area (Å²) < 4.78 is 5.15. The summed E-state index contributed by atoms with van der Waals surface area (Å²) in [5.74, 6) is 0.0486. The minimum absolute atomic E-state index is 0.188. The number of nitrogens with zero attached hydrogens (tertiary/aromatic N) is 1. The second kappa shape index (κ2) is 10.1. The molecule has 6 heteroatoms. The lowest BCUT2D eigenvalue weighted by atomic mass is 10.1. The quantitative estimate of drug-likeness (QED) is 0.702. The molecule has 2 aromatic rings. The van der Waals surface area contributed by atoms with E-state index in [-0.39, 0.29) is 17.5 Å². The number of likely N-dealkylation sites (N-methyl/N-ethyl adjacent to an activating group) is 1. The second-order valence-electron chi connectivity index (χ2n) is 6.21. The van der Waals surface area contributed by atoms with Gasteiger partial charge >= 0.3 is 0 Å². The lowest BCUT2D eigenvalue weighted by Crippen LogP contribution is -2.37. The standard InChI is InChI=1S/C21H25N3O3/c1-24(2)14-13-22-21(26)19(15-16-9-11-18(27-3)12-10-16)23-20(25)17-7-5-4-6-8-17/h4-12,15H,13-14H2,1-3H3,(H,22,26)(H,23,25). The van der Waals surface area contributed by atoms with Gasteiger partial charge in [0.15, 0.2) is 0 Å². The van der Waals surface area contributed by atoms with E-state index in [9.17, 15) is 9.59 Å². The Morgan fingerprint density at radius 1 is 1.04 bits per heavy atom. The van der Waals surface area contributed by atoms with E-state index in [2.05, 4.69) is 10.6 Å². The number of carbonyl (C=O) groups is 2. The van der Waals surface area contributed by atoms with Crippen molar-refractivity contribution in [3.63, 3.8) is 0 Å². The summed E-state index contributed by atoms with van der Waals surface area (Å²) in [6.45, 7) is 1.18. The van der Waals surface area contributed by atoms with Crippen molar-refractivity contribution in [2.24, 2.45) is 0 Å². The van der Waals surface area contributed by atoms with Crippen molar-refractivity contribution in [1.29, 1.82) is 0 Å². The molecular weight excluding hydrogens is 342 g/mol. The van der Waals surface area contributed by atoms with Crippen LogP contribution in [0.5, 0.6) is 5.75 Å². The normalized spacial score (nSPS) is 11.2. The fourth-order valence-electron chi connectivity index (χ4n) is 2.30. The molecule has 0 saturated carbocycles. The van der Waals surface area contributed by atoms with E-state index in [1.807, 2.05) is 37.2 Å². The average Bonchev–Trinajstić information content (AvgIpc) is 2.68. The Balaban J connectivity index is 2.19. The fourth-order valence-corrected chi connectivity index (χ4v) is 2.30. The molecule has 0 unspecified atom stereocenters. The number of benzene rings is 2. The molecule has 0 atom stereocenters. The van der Waals surface area contributed by atoms with E-state index in [0.29, 0.717) is 18.7 Å². The lowest BCUT2D eigenvalue weighted by Gasteiger charge is -2.13. The lowest BCUT2D eigenvalue weighted by molar-refractivity contribution is -0.117. The molecule has 0 fully saturated rings. The van der Waals surface area contributed by atoms with Crippen LogP contribution in [0.2, 0.25) is 0 Å². The highest BCUT2D eigenvalue weighted by atomic mass is 16.5. The van der Waals surface area contributed by atoms with Crippen LogP contribution in [0, 0.1) is 0 Å². The van der Waals surface area contributed by atoms with E-state index < -0.39 is 0 Å². The highest BCUT2D eigenvalue weighted by molar-refractivity contribution is 6.05. The highest BCUT2D eigenvalue weighted by Gasteiger charge is 2.14. The molecule has 0 bridgehead atoms. The van der Waals surface area contributed by atoms with Crippen molar-refractivity contribution >= 4 is 17.9 Å². The number of ether oxygens (including phenoxy) is 1. The summed E-state index contributed by atoms with van der Waals surface area (Å²) in [6, 6.07) is 16.0. The summed E-state index contributed by atoms with van der Waals surface area (Å²) in [5.41, 5.74) is 1.45. The monoisotopic (exact) mass is 367 g/mol. The number of hydrogen-bond donors (Lipinski definition) is 2. The predicted molar refractivity (Wildman–Crippen MR) is 106 cm³/mol. The van der Waals surface area contributed by atoms with Crippen LogP contribution in [0.4, 0.5) is 0 Å². The second-order valence-corrected chi connectivity index (χ2v) is 6.21. The molecule has 0 aliphatic carbocycles. The molecular formula is C21H25N3O3. The molecule has 2 amide bonds. The third kappa shape index (κ3) is 6.60. The maximum atomic E-state index is 12.6. The van der Waals surface area contributed by atoms with Gasteiger partial charge in [-0.25, -0.2) is 0 Å². The minimum atomic E-state index is -0.336. The van der Waals surface area contributed by atoms with Gasteiger partial charge in [-0.2, -0.15) is 0 Å². The largest absolute Gasteiger partial charge is 0.497 e. The molecule has 0 heterocycles. The van der Waals surface area contributed by atoms with Gasteiger partial charge in [-0.05, 0) is 50.0 Å². The van der Waals surface area contributed by atoms with E-state index >= 15 is 0 Å². The zero-order chi connectivity index (χ0) is 19.6. The van der Waals surface area contributed by atoms with Crippen LogP contribution in [0.1, 0.15) is 15.9 Å². The molecule has 2 aromatic carbocycles. The third-order valence-corrected chi connectivity index (χ3v) is 3.80. The van der Waals surface area contributed by atoms with Gasteiger partial charge in [0.05, 0.1) is 7.11 Å². The Kier molecular flexibility index (Phi) is 7.58. The van der Waals surface area contributed by atoms with Crippen molar-refractivity contribution in [3.05, 3.63) is 71.4 Å². The van der Waals surface area contributed by atoms with Crippen molar-refractivity contribution < 1.29 is 14.3 Å². The van der Waals surface area contributed by atoms with Crippen LogP contribution < -0.4 is 15.4 Å². The molecule has 0 spiro atoms. The van der Waals surface area contributed by atoms with E-state index in [1.165, 1.54) is 0 Å². The Morgan fingerprint density at radius 3 is 2.30 bits per heavy atom. The van der Waals surface area contributed by atoms with Gasteiger partial charge in [0.25, 0.3) is 11.8 Å². The van der Waals surface area contributed by atoms with Crippen LogP contribution in [0.25, 0.3) is 6.08 Å². The molecule has 2 N–H and O–H groups in total. The minimum Gasteiger partial charge on any atom is -0.497 e. The molecule has 27 heavy (non-hydrogen) atoms. The maximum Gasteiger partial charge on any atom is 0.267 e. The van der Waals surface area contributed by atoms with Gasteiger partial charge in [0.2, 0.25) is 0 Å². The van der Waals surface area contributed by atoms with Crippen LogP contribution in [-0.4, -0.2) is 51.0 Å².